The monoisotopic (exact) mass is 289 g/mol. The molecule has 1 aromatic carbocycles. The summed E-state index contributed by atoms with van der Waals surface area (Å²) in [6.45, 7) is 1.87. The highest BCUT2D eigenvalue weighted by Gasteiger charge is 2.30. The highest BCUT2D eigenvalue weighted by Crippen LogP contribution is 2.30. The SMILES string of the molecule is Cc1[nH]c(=S)sc1Cc1cccc(C(F)(F)F)c1. The molecule has 0 spiro atoms. The zero-order valence-corrected chi connectivity index (χ0v) is 11.1. The number of hydrogen-bond acceptors (Lipinski definition) is 2. The Kier molecular flexibility index (Phi) is 3.59. The molecule has 1 aromatic heterocycles. The van der Waals surface area contributed by atoms with Crippen LogP contribution in [0.1, 0.15) is 21.7 Å². The molecule has 18 heavy (non-hydrogen) atoms. The summed E-state index contributed by atoms with van der Waals surface area (Å²) in [5, 5.41) is 0. The maximum Gasteiger partial charge on any atom is 0.416 e. The van der Waals surface area contributed by atoms with Crippen LogP contribution in [0.15, 0.2) is 24.3 Å². The fourth-order valence-electron chi connectivity index (χ4n) is 1.65. The summed E-state index contributed by atoms with van der Waals surface area (Å²) in [7, 11) is 0. The summed E-state index contributed by atoms with van der Waals surface area (Å²) in [6.07, 6.45) is -3.83. The largest absolute Gasteiger partial charge is 0.416 e. The highest BCUT2D eigenvalue weighted by atomic mass is 32.1. The van der Waals surface area contributed by atoms with E-state index in [-0.39, 0.29) is 0 Å². The molecule has 1 heterocycles. The van der Waals surface area contributed by atoms with Gasteiger partial charge in [0.25, 0.3) is 0 Å². The maximum atomic E-state index is 12.6. The number of thiazole rings is 1. The van der Waals surface area contributed by atoms with Crippen molar-refractivity contribution in [2.24, 2.45) is 0 Å². The molecule has 1 nitrogen and oxygen atoms in total. The Labute approximate surface area is 111 Å². The zero-order valence-electron chi connectivity index (χ0n) is 9.47. The lowest BCUT2D eigenvalue weighted by atomic mass is 10.1. The summed E-state index contributed by atoms with van der Waals surface area (Å²) in [6, 6.07) is 5.38. The molecule has 0 saturated heterocycles. The Bertz CT molecular complexity index is 610. The summed E-state index contributed by atoms with van der Waals surface area (Å²) in [5.74, 6) is 0. The van der Waals surface area contributed by atoms with Gasteiger partial charge in [0, 0.05) is 17.0 Å². The highest BCUT2D eigenvalue weighted by molar-refractivity contribution is 7.73. The predicted octanol–water partition coefficient (Wildman–Crippen LogP) is 4.72. The number of benzene rings is 1. The zero-order chi connectivity index (χ0) is 13.3. The van der Waals surface area contributed by atoms with E-state index in [9.17, 15) is 13.2 Å². The lowest BCUT2D eigenvalue weighted by molar-refractivity contribution is -0.137. The number of halogens is 3. The average Bonchev–Trinajstić information content (AvgIpc) is 2.56. The fourth-order valence-corrected chi connectivity index (χ4v) is 2.97. The van der Waals surface area contributed by atoms with Crippen LogP contribution < -0.4 is 0 Å². The Morgan fingerprint density at radius 2 is 2.06 bits per heavy atom. The van der Waals surface area contributed by atoms with Gasteiger partial charge < -0.3 is 4.98 Å². The number of nitrogens with one attached hydrogen (secondary N) is 1. The van der Waals surface area contributed by atoms with Gasteiger partial charge in [-0.15, -0.1) is 11.3 Å². The number of alkyl halides is 3. The predicted molar refractivity (Wildman–Crippen MR) is 68.5 cm³/mol. The molecule has 2 rings (SSSR count). The summed E-state index contributed by atoms with van der Waals surface area (Å²) >= 11 is 6.41. The van der Waals surface area contributed by atoms with Gasteiger partial charge >= 0.3 is 6.18 Å². The number of aromatic amines is 1. The first kappa shape index (κ1) is 13.3. The van der Waals surface area contributed by atoms with E-state index in [1.165, 1.54) is 23.5 Å². The molecule has 0 saturated carbocycles. The van der Waals surface area contributed by atoms with Crippen molar-refractivity contribution in [3.05, 3.63) is 49.9 Å². The normalized spacial score (nSPS) is 11.8. The molecule has 0 amide bonds. The third kappa shape index (κ3) is 3.00. The van der Waals surface area contributed by atoms with Gasteiger partial charge in [-0.05, 0) is 30.8 Å². The van der Waals surface area contributed by atoms with Gasteiger partial charge in [-0.2, -0.15) is 13.2 Å². The molecule has 0 unspecified atom stereocenters. The minimum Gasteiger partial charge on any atom is -0.341 e. The van der Waals surface area contributed by atoms with Crippen molar-refractivity contribution in [1.82, 2.24) is 4.98 Å². The van der Waals surface area contributed by atoms with E-state index in [0.29, 0.717) is 15.9 Å². The number of aryl methyl sites for hydroxylation is 1. The van der Waals surface area contributed by atoms with Gasteiger partial charge in [0.05, 0.1) is 5.56 Å². The third-order valence-corrected chi connectivity index (χ3v) is 3.88. The molecule has 0 aliphatic carbocycles. The van der Waals surface area contributed by atoms with Crippen LogP contribution in [0.4, 0.5) is 13.2 Å². The van der Waals surface area contributed by atoms with Gasteiger partial charge in [0.2, 0.25) is 0 Å². The van der Waals surface area contributed by atoms with E-state index < -0.39 is 11.7 Å². The van der Waals surface area contributed by atoms with Crippen LogP contribution in [0.3, 0.4) is 0 Å². The van der Waals surface area contributed by atoms with Crippen molar-refractivity contribution in [3.63, 3.8) is 0 Å². The Morgan fingerprint density at radius 1 is 1.33 bits per heavy atom. The van der Waals surface area contributed by atoms with Crippen molar-refractivity contribution < 1.29 is 13.2 Å². The smallest absolute Gasteiger partial charge is 0.341 e. The quantitative estimate of drug-likeness (QED) is 0.791. The standard InChI is InChI=1S/C12H10F3NS2/c1-7-10(18-11(17)16-7)6-8-3-2-4-9(5-8)12(13,14)15/h2-5H,6H2,1H3,(H,16,17). The van der Waals surface area contributed by atoms with Crippen LogP contribution in [0.5, 0.6) is 0 Å². The molecular formula is C12H10F3NS2. The van der Waals surface area contributed by atoms with Crippen LogP contribution in [-0.2, 0) is 12.6 Å². The lowest BCUT2D eigenvalue weighted by Gasteiger charge is -2.08. The molecule has 2 aromatic rings. The molecule has 0 aliphatic rings. The van der Waals surface area contributed by atoms with E-state index in [4.69, 9.17) is 12.2 Å². The first-order valence-electron chi connectivity index (χ1n) is 5.21. The second-order valence-corrected chi connectivity index (χ2v) is 5.71. The molecule has 0 aliphatic heterocycles. The van der Waals surface area contributed by atoms with Gasteiger partial charge in [-0.3, -0.25) is 0 Å². The topological polar surface area (TPSA) is 15.8 Å². The first-order chi connectivity index (χ1) is 8.36. The van der Waals surface area contributed by atoms with E-state index in [1.807, 2.05) is 6.92 Å². The summed E-state index contributed by atoms with van der Waals surface area (Å²) in [5.41, 5.74) is 0.942. The fraction of sp³-hybridized carbons (Fsp3) is 0.250. The molecule has 1 N–H and O–H groups in total. The molecule has 0 bridgehead atoms. The molecular weight excluding hydrogens is 279 g/mol. The molecule has 96 valence electrons. The average molecular weight is 289 g/mol. The van der Waals surface area contributed by atoms with E-state index in [2.05, 4.69) is 4.98 Å². The number of H-pyrrole nitrogens is 1. The molecule has 0 fully saturated rings. The van der Waals surface area contributed by atoms with Crippen molar-refractivity contribution in [3.8, 4) is 0 Å². The second kappa shape index (κ2) is 4.85. The number of rotatable bonds is 2. The second-order valence-electron chi connectivity index (χ2n) is 3.94. The van der Waals surface area contributed by atoms with Crippen LogP contribution in [0.2, 0.25) is 0 Å². The van der Waals surface area contributed by atoms with Crippen molar-refractivity contribution in [2.75, 3.05) is 0 Å². The molecule has 0 atom stereocenters. The van der Waals surface area contributed by atoms with Crippen molar-refractivity contribution in [1.29, 1.82) is 0 Å². The van der Waals surface area contributed by atoms with Gasteiger partial charge in [-0.1, -0.05) is 18.2 Å². The first-order valence-corrected chi connectivity index (χ1v) is 6.43. The van der Waals surface area contributed by atoms with Gasteiger partial charge in [-0.25, -0.2) is 0 Å². The van der Waals surface area contributed by atoms with E-state index in [0.717, 1.165) is 16.6 Å². The van der Waals surface area contributed by atoms with Crippen molar-refractivity contribution >= 4 is 23.6 Å². The van der Waals surface area contributed by atoms with Gasteiger partial charge in [0.15, 0.2) is 3.95 Å². The van der Waals surface area contributed by atoms with Crippen molar-refractivity contribution in [2.45, 2.75) is 19.5 Å². The van der Waals surface area contributed by atoms with Gasteiger partial charge in [0.1, 0.15) is 0 Å². The minimum atomic E-state index is -4.30. The Hall–Kier alpha value is -1.14. The minimum absolute atomic E-state index is 0.466. The van der Waals surface area contributed by atoms with Crippen LogP contribution >= 0.6 is 23.6 Å². The number of hydrogen-bond donors (Lipinski definition) is 1. The maximum absolute atomic E-state index is 12.6. The Morgan fingerprint density at radius 3 is 2.61 bits per heavy atom. The van der Waals surface area contributed by atoms with E-state index in [1.54, 1.807) is 6.07 Å². The lowest BCUT2D eigenvalue weighted by Crippen LogP contribution is -2.05. The van der Waals surface area contributed by atoms with E-state index >= 15 is 0 Å². The van der Waals surface area contributed by atoms with Crippen LogP contribution in [-0.4, -0.2) is 4.98 Å². The summed E-state index contributed by atoms with van der Waals surface area (Å²) in [4.78, 5) is 3.96. The summed E-state index contributed by atoms with van der Waals surface area (Å²) < 4.78 is 38.4. The molecule has 0 radical (unpaired) electrons. The Balaban J connectivity index is 2.30. The third-order valence-electron chi connectivity index (χ3n) is 2.54. The number of aromatic nitrogens is 1. The van der Waals surface area contributed by atoms with Crippen LogP contribution in [0, 0.1) is 10.9 Å². The molecule has 6 heteroatoms. The van der Waals surface area contributed by atoms with Crippen LogP contribution in [0.25, 0.3) is 0 Å².